The number of halogens is 1. The van der Waals surface area contributed by atoms with Crippen LogP contribution in [0, 0.1) is 5.82 Å². The molecule has 1 aromatic heterocycles. The minimum absolute atomic E-state index is 0.0160. The van der Waals surface area contributed by atoms with Gasteiger partial charge >= 0.3 is 5.97 Å². The zero-order valence-electron chi connectivity index (χ0n) is 10.4. The number of carboxylic acids is 1. The molecule has 1 atom stereocenters. The highest BCUT2D eigenvalue weighted by molar-refractivity contribution is 5.94. The second-order valence-electron chi connectivity index (χ2n) is 4.30. The molecule has 2 N–H and O–H groups in total. The van der Waals surface area contributed by atoms with E-state index in [1.165, 1.54) is 12.1 Å². The van der Waals surface area contributed by atoms with Crippen LogP contribution in [0.2, 0.25) is 0 Å². The third kappa shape index (κ3) is 3.31. The molecule has 0 fully saturated rings. The summed E-state index contributed by atoms with van der Waals surface area (Å²) >= 11 is 0. The smallest absolute Gasteiger partial charge is 0.337 e. The average molecular weight is 263 g/mol. The molecule has 0 spiro atoms. The predicted octanol–water partition coefficient (Wildman–Crippen LogP) is 2.22. The van der Waals surface area contributed by atoms with Gasteiger partial charge in [-0.2, -0.15) is 0 Å². The topological polar surface area (TPSA) is 67.2 Å². The molecule has 1 aromatic carbocycles. The second-order valence-corrected chi connectivity index (χ2v) is 4.30. The summed E-state index contributed by atoms with van der Waals surface area (Å²) < 4.78 is 14.9. The number of anilines is 1. The molecule has 0 radical (unpaired) electrons. The maximum Gasteiger partial charge on any atom is 0.337 e. The number of nitrogens with zero attached hydrogens (tertiary/aromatic N) is 2. The number of imidazole rings is 1. The lowest BCUT2D eigenvalue weighted by Crippen LogP contribution is -2.22. The zero-order valence-corrected chi connectivity index (χ0v) is 10.4. The summed E-state index contributed by atoms with van der Waals surface area (Å²) in [5.74, 6) is -1.72. The molecular weight excluding hydrogens is 249 g/mol. The molecule has 0 amide bonds. The van der Waals surface area contributed by atoms with E-state index in [-0.39, 0.29) is 11.6 Å². The lowest BCUT2D eigenvalue weighted by Gasteiger charge is -2.17. The minimum atomic E-state index is -1.16. The number of hydrogen-bond acceptors (Lipinski definition) is 3. The number of carboxylic acid groups (broad SMARTS) is 1. The summed E-state index contributed by atoms with van der Waals surface area (Å²) in [4.78, 5) is 15.0. The van der Waals surface area contributed by atoms with Crippen LogP contribution in [0.15, 0.2) is 36.9 Å². The van der Waals surface area contributed by atoms with Crippen LogP contribution in [0.1, 0.15) is 17.3 Å². The van der Waals surface area contributed by atoms with Gasteiger partial charge in [0, 0.05) is 30.7 Å². The lowest BCUT2D eigenvalue weighted by atomic mass is 10.1. The van der Waals surface area contributed by atoms with Gasteiger partial charge in [0.25, 0.3) is 0 Å². The van der Waals surface area contributed by atoms with Gasteiger partial charge in [-0.05, 0) is 25.1 Å². The Morgan fingerprint density at radius 2 is 2.37 bits per heavy atom. The molecule has 0 bridgehead atoms. The number of aromatic carboxylic acids is 1. The SMILES string of the molecule is CC(Cn1ccnc1)Nc1ccc(F)cc1C(=O)O. The van der Waals surface area contributed by atoms with Crippen molar-refractivity contribution in [2.45, 2.75) is 19.5 Å². The number of aromatic nitrogens is 2. The van der Waals surface area contributed by atoms with E-state index in [1.54, 1.807) is 12.5 Å². The van der Waals surface area contributed by atoms with Crippen molar-refractivity contribution in [3.8, 4) is 0 Å². The molecule has 5 nitrogen and oxygen atoms in total. The maximum atomic E-state index is 13.0. The van der Waals surface area contributed by atoms with Crippen molar-refractivity contribution < 1.29 is 14.3 Å². The normalized spacial score (nSPS) is 12.1. The molecule has 0 saturated carbocycles. The molecule has 1 unspecified atom stereocenters. The van der Waals surface area contributed by atoms with Crippen molar-refractivity contribution in [3.05, 3.63) is 48.3 Å². The Balaban J connectivity index is 2.12. The maximum absolute atomic E-state index is 13.0. The fourth-order valence-electron chi connectivity index (χ4n) is 1.84. The number of hydrogen-bond donors (Lipinski definition) is 2. The summed E-state index contributed by atoms with van der Waals surface area (Å²) in [5.41, 5.74) is 0.332. The fourth-order valence-corrected chi connectivity index (χ4v) is 1.84. The average Bonchev–Trinajstić information content (AvgIpc) is 2.83. The first-order chi connectivity index (χ1) is 9.06. The highest BCUT2D eigenvalue weighted by atomic mass is 19.1. The molecule has 6 heteroatoms. The third-order valence-corrected chi connectivity index (χ3v) is 2.66. The lowest BCUT2D eigenvalue weighted by molar-refractivity contribution is 0.0697. The van der Waals surface area contributed by atoms with Gasteiger partial charge in [-0.1, -0.05) is 0 Å². The van der Waals surface area contributed by atoms with Crippen LogP contribution in [0.3, 0.4) is 0 Å². The van der Waals surface area contributed by atoms with Crippen LogP contribution in [0.4, 0.5) is 10.1 Å². The van der Waals surface area contributed by atoms with Gasteiger partial charge in [0.05, 0.1) is 11.9 Å². The highest BCUT2D eigenvalue weighted by Gasteiger charge is 2.13. The van der Waals surface area contributed by atoms with E-state index in [4.69, 9.17) is 5.11 Å². The zero-order chi connectivity index (χ0) is 13.8. The first-order valence-electron chi connectivity index (χ1n) is 5.81. The van der Waals surface area contributed by atoms with E-state index in [0.29, 0.717) is 12.2 Å². The monoisotopic (exact) mass is 263 g/mol. The van der Waals surface area contributed by atoms with Crippen molar-refractivity contribution in [2.24, 2.45) is 0 Å². The van der Waals surface area contributed by atoms with Crippen LogP contribution in [-0.4, -0.2) is 26.7 Å². The molecule has 0 aliphatic heterocycles. The van der Waals surface area contributed by atoms with Crippen LogP contribution < -0.4 is 5.32 Å². The number of nitrogens with one attached hydrogen (secondary N) is 1. The van der Waals surface area contributed by atoms with Gasteiger partial charge in [-0.15, -0.1) is 0 Å². The number of carbonyl (C=O) groups is 1. The van der Waals surface area contributed by atoms with Gasteiger partial charge < -0.3 is 15.0 Å². The van der Waals surface area contributed by atoms with E-state index in [0.717, 1.165) is 6.07 Å². The summed E-state index contributed by atoms with van der Waals surface area (Å²) in [6.45, 7) is 2.55. The van der Waals surface area contributed by atoms with Gasteiger partial charge in [-0.3, -0.25) is 0 Å². The van der Waals surface area contributed by atoms with Crippen molar-refractivity contribution in [2.75, 3.05) is 5.32 Å². The largest absolute Gasteiger partial charge is 0.478 e. The van der Waals surface area contributed by atoms with E-state index in [9.17, 15) is 9.18 Å². The number of benzene rings is 1. The summed E-state index contributed by atoms with van der Waals surface area (Å²) in [6.07, 6.45) is 5.18. The second kappa shape index (κ2) is 5.51. The van der Waals surface area contributed by atoms with Crippen LogP contribution in [0.5, 0.6) is 0 Å². The summed E-state index contributed by atoms with van der Waals surface area (Å²) in [6, 6.07) is 3.66. The Hall–Kier alpha value is -2.37. The van der Waals surface area contributed by atoms with Crippen LogP contribution >= 0.6 is 0 Å². The molecule has 0 aliphatic carbocycles. The first-order valence-corrected chi connectivity index (χ1v) is 5.81. The quantitative estimate of drug-likeness (QED) is 0.868. The Morgan fingerprint density at radius 3 is 3.00 bits per heavy atom. The van der Waals surface area contributed by atoms with Crippen molar-refractivity contribution in [3.63, 3.8) is 0 Å². The van der Waals surface area contributed by atoms with Crippen molar-refractivity contribution >= 4 is 11.7 Å². The summed E-state index contributed by atoms with van der Waals surface area (Å²) in [5, 5.41) is 12.1. The van der Waals surface area contributed by atoms with E-state index in [2.05, 4.69) is 10.3 Å². The van der Waals surface area contributed by atoms with E-state index >= 15 is 0 Å². The van der Waals surface area contributed by atoms with Gasteiger partial charge in [0.15, 0.2) is 0 Å². The van der Waals surface area contributed by atoms with Gasteiger partial charge in [-0.25, -0.2) is 14.2 Å². The third-order valence-electron chi connectivity index (χ3n) is 2.66. The Kier molecular flexibility index (Phi) is 3.79. The molecule has 0 aliphatic rings. The molecule has 2 rings (SSSR count). The Bertz CT molecular complexity index is 569. The molecule has 0 saturated heterocycles. The first kappa shape index (κ1) is 13.1. The molecular formula is C13H14FN3O2. The molecule has 19 heavy (non-hydrogen) atoms. The van der Waals surface area contributed by atoms with Crippen LogP contribution in [-0.2, 0) is 6.54 Å². The molecule has 2 aromatic rings. The highest BCUT2D eigenvalue weighted by Crippen LogP contribution is 2.18. The molecule has 1 heterocycles. The predicted molar refractivity (Wildman–Crippen MR) is 68.7 cm³/mol. The fraction of sp³-hybridized carbons (Fsp3) is 0.231. The van der Waals surface area contributed by atoms with Crippen LogP contribution in [0.25, 0.3) is 0 Å². The van der Waals surface area contributed by atoms with E-state index < -0.39 is 11.8 Å². The van der Waals surface area contributed by atoms with Crippen molar-refractivity contribution in [1.29, 1.82) is 0 Å². The Morgan fingerprint density at radius 1 is 1.58 bits per heavy atom. The van der Waals surface area contributed by atoms with Gasteiger partial charge in [0.2, 0.25) is 0 Å². The molecule has 100 valence electrons. The van der Waals surface area contributed by atoms with Crippen molar-refractivity contribution in [1.82, 2.24) is 9.55 Å². The Labute approximate surface area is 109 Å². The van der Waals surface area contributed by atoms with E-state index in [1.807, 2.05) is 17.7 Å². The van der Waals surface area contributed by atoms with Gasteiger partial charge in [0.1, 0.15) is 5.82 Å². The minimum Gasteiger partial charge on any atom is -0.478 e. The summed E-state index contributed by atoms with van der Waals surface area (Å²) in [7, 11) is 0. The number of rotatable bonds is 5. The standard InChI is InChI=1S/C13H14FN3O2/c1-9(7-17-5-4-15-8-17)16-12-3-2-10(14)6-11(12)13(18)19/h2-6,8-9,16H,7H2,1H3,(H,18,19).